The maximum absolute atomic E-state index is 5.80. The molecule has 0 amide bonds. The second kappa shape index (κ2) is 6.45. The standard InChI is InChI=1S/C16H16N6S/c1-10(11-4-2-6-19-8-11)21-14(15(17)18)16-20-9-12(22-16)13-5-3-7-23-13/h2-9H,17-18H2,1H3,(H,20,22)/b21-10+. The molecule has 6 nitrogen and oxygen atoms in total. The monoisotopic (exact) mass is 324 g/mol. The topological polar surface area (TPSA) is 106 Å². The number of hydrogen-bond donors (Lipinski definition) is 3. The Bertz CT molecular complexity index is 842. The summed E-state index contributed by atoms with van der Waals surface area (Å²) in [6.07, 6.45) is 5.20. The molecule has 0 spiro atoms. The normalized spacial score (nSPS) is 11.4. The number of H-pyrrole nitrogens is 1. The third-order valence-corrected chi connectivity index (χ3v) is 4.12. The van der Waals surface area contributed by atoms with Gasteiger partial charge in [0.1, 0.15) is 11.5 Å². The van der Waals surface area contributed by atoms with Crippen LogP contribution in [0, 0.1) is 0 Å². The van der Waals surface area contributed by atoms with E-state index in [1.165, 1.54) is 0 Å². The molecule has 0 saturated heterocycles. The molecule has 0 radical (unpaired) electrons. The Hall–Kier alpha value is -2.93. The lowest BCUT2D eigenvalue weighted by Gasteiger charge is -2.04. The van der Waals surface area contributed by atoms with Crippen LogP contribution in [0.15, 0.2) is 59.0 Å². The van der Waals surface area contributed by atoms with Crippen LogP contribution < -0.4 is 11.5 Å². The highest BCUT2D eigenvalue weighted by Crippen LogP contribution is 2.25. The Balaban J connectivity index is 1.96. The average molecular weight is 324 g/mol. The fourth-order valence-corrected chi connectivity index (χ4v) is 2.75. The average Bonchev–Trinajstić information content (AvgIpc) is 3.23. The summed E-state index contributed by atoms with van der Waals surface area (Å²) in [6, 6.07) is 7.78. The summed E-state index contributed by atoms with van der Waals surface area (Å²) < 4.78 is 0. The molecule has 0 aliphatic heterocycles. The van der Waals surface area contributed by atoms with E-state index in [1.807, 2.05) is 36.6 Å². The maximum atomic E-state index is 5.80. The molecule has 0 saturated carbocycles. The van der Waals surface area contributed by atoms with Crippen molar-refractivity contribution in [2.45, 2.75) is 6.92 Å². The van der Waals surface area contributed by atoms with Crippen molar-refractivity contribution in [1.82, 2.24) is 15.0 Å². The molecule has 0 aliphatic rings. The molecule has 3 aromatic heterocycles. The minimum atomic E-state index is 0.111. The summed E-state index contributed by atoms with van der Waals surface area (Å²) in [4.78, 5) is 17.3. The summed E-state index contributed by atoms with van der Waals surface area (Å²) in [7, 11) is 0. The molecule has 3 heterocycles. The first-order chi connectivity index (χ1) is 11.1. The van der Waals surface area contributed by atoms with Crippen LogP contribution >= 0.6 is 11.3 Å². The second-order valence-electron chi connectivity index (χ2n) is 4.87. The van der Waals surface area contributed by atoms with E-state index in [0.29, 0.717) is 11.5 Å². The number of nitrogens with zero attached hydrogens (tertiary/aromatic N) is 3. The first-order valence-corrected chi connectivity index (χ1v) is 7.83. The molecular weight excluding hydrogens is 308 g/mol. The molecule has 0 aromatic carbocycles. The van der Waals surface area contributed by atoms with Gasteiger partial charge < -0.3 is 16.5 Å². The van der Waals surface area contributed by atoms with Gasteiger partial charge in [0.2, 0.25) is 0 Å². The van der Waals surface area contributed by atoms with Gasteiger partial charge in [-0.25, -0.2) is 9.98 Å². The van der Waals surface area contributed by atoms with Crippen LogP contribution in [0.4, 0.5) is 0 Å². The second-order valence-corrected chi connectivity index (χ2v) is 5.81. The number of aromatic amines is 1. The quantitative estimate of drug-likeness (QED) is 0.641. The number of rotatable bonds is 4. The van der Waals surface area contributed by atoms with Gasteiger partial charge in [-0.05, 0) is 24.4 Å². The third-order valence-electron chi connectivity index (χ3n) is 3.22. The van der Waals surface area contributed by atoms with E-state index in [-0.39, 0.29) is 5.82 Å². The molecule has 3 rings (SSSR count). The first-order valence-electron chi connectivity index (χ1n) is 6.95. The van der Waals surface area contributed by atoms with Gasteiger partial charge in [-0.3, -0.25) is 4.98 Å². The highest BCUT2D eigenvalue weighted by atomic mass is 32.1. The fourth-order valence-electron chi connectivity index (χ4n) is 2.06. The predicted molar refractivity (Wildman–Crippen MR) is 93.6 cm³/mol. The zero-order valence-electron chi connectivity index (χ0n) is 12.5. The number of aromatic nitrogens is 3. The van der Waals surface area contributed by atoms with Gasteiger partial charge in [-0.15, -0.1) is 11.3 Å². The van der Waals surface area contributed by atoms with Crippen LogP contribution in [0.25, 0.3) is 16.3 Å². The highest BCUT2D eigenvalue weighted by molar-refractivity contribution is 7.13. The lowest BCUT2D eigenvalue weighted by Crippen LogP contribution is -2.12. The Morgan fingerprint density at radius 1 is 1.22 bits per heavy atom. The number of thiophene rings is 1. The van der Waals surface area contributed by atoms with Crippen molar-refractivity contribution in [3.05, 3.63) is 65.4 Å². The van der Waals surface area contributed by atoms with E-state index in [2.05, 4.69) is 19.9 Å². The van der Waals surface area contributed by atoms with E-state index >= 15 is 0 Å². The molecule has 5 N–H and O–H groups in total. The van der Waals surface area contributed by atoms with Gasteiger partial charge in [0.25, 0.3) is 0 Å². The number of hydrogen-bond acceptors (Lipinski definition) is 6. The molecule has 0 bridgehead atoms. The summed E-state index contributed by atoms with van der Waals surface area (Å²) in [5.74, 6) is 0.650. The van der Waals surface area contributed by atoms with E-state index < -0.39 is 0 Å². The first kappa shape index (κ1) is 15.0. The van der Waals surface area contributed by atoms with Gasteiger partial charge in [0, 0.05) is 23.7 Å². The van der Waals surface area contributed by atoms with Crippen LogP contribution in [-0.2, 0) is 0 Å². The predicted octanol–water partition coefficient (Wildman–Crippen LogP) is 2.59. The number of nitrogens with one attached hydrogen (secondary N) is 1. The van der Waals surface area contributed by atoms with Crippen molar-refractivity contribution >= 4 is 22.7 Å². The summed E-state index contributed by atoms with van der Waals surface area (Å²) >= 11 is 1.63. The zero-order chi connectivity index (χ0) is 16.2. The van der Waals surface area contributed by atoms with Gasteiger partial charge >= 0.3 is 0 Å². The zero-order valence-corrected chi connectivity index (χ0v) is 13.3. The van der Waals surface area contributed by atoms with E-state index in [9.17, 15) is 0 Å². The van der Waals surface area contributed by atoms with Crippen LogP contribution in [0.5, 0.6) is 0 Å². The maximum Gasteiger partial charge on any atom is 0.160 e. The van der Waals surface area contributed by atoms with Crippen molar-refractivity contribution in [2.75, 3.05) is 0 Å². The number of pyridine rings is 1. The van der Waals surface area contributed by atoms with Gasteiger partial charge in [0.05, 0.1) is 16.8 Å². The Morgan fingerprint density at radius 3 is 2.74 bits per heavy atom. The Morgan fingerprint density at radius 2 is 2.09 bits per heavy atom. The van der Waals surface area contributed by atoms with Crippen LogP contribution in [0.2, 0.25) is 0 Å². The molecule has 23 heavy (non-hydrogen) atoms. The number of imidazole rings is 1. The van der Waals surface area contributed by atoms with Crippen molar-refractivity contribution in [3.63, 3.8) is 0 Å². The van der Waals surface area contributed by atoms with Gasteiger partial charge in [0.15, 0.2) is 5.82 Å². The van der Waals surface area contributed by atoms with Crippen molar-refractivity contribution in [2.24, 2.45) is 16.5 Å². The van der Waals surface area contributed by atoms with E-state index in [0.717, 1.165) is 21.8 Å². The molecule has 7 heteroatoms. The number of aliphatic imine (C=N–C) groups is 1. The molecule has 116 valence electrons. The smallest absolute Gasteiger partial charge is 0.160 e. The number of nitrogens with two attached hydrogens (primary N) is 2. The molecule has 0 atom stereocenters. The van der Waals surface area contributed by atoms with Crippen molar-refractivity contribution in [3.8, 4) is 10.6 Å². The van der Waals surface area contributed by atoms with Crippen LogP contribution in [-0.4, -0.2) is 20.7 Å². The molecule has 0 aliphatic carbocycles. The summed E-state index contributed by atoms with van der Waals surface area (Å²) in [6.45, 7) is 1.88. The lowest BCUT2D eigenvalue weighted by atomic mass is 10.2. The minimum absolute atomic E-state index is 0.111. The highest BCUT2D eigenvalue weighted by Gasteiger charge is 2.11. The molecule has 0 unspecified atom stereocenters. The third kappa shape index (κ3) is 3.29. The van der Waals surface area contributed by atoms with Crippen LogP contribution in [0.3, 0.4) is 0 Å². The molecular formula is C16H16N6S. The van der Waals surface area contributed by atoms with E-state index in [1.54, 1.807) is 29.9 Å². The Labute approximate surface area is 137 Å². The van der Waals surface area contributed by atoms with Crippen molar-refractivity contribution in [1.29, 1.82) is 0 Å². The van der Waals surface area contributed by atoms with Crippen LogP contribution in [0.1, 0.15) is 18.3 Å². The molecule has 0 fully saturated rings. The summed E-state index contributed by atoms with van der Waals surface area (Å²) in [5.41, 5.74) is 14.6. The fraction of sp³-hybridized carbons (Fsp3) is 0.0625. The SMILES string of the molecule is C/C(=N\C(=C(N)N)c1ncc(-c2cccs2)[nH]1)c1cccnc1. The minimum Gasteiger partial charge on any atom is -0.384 e. The van der Waals surface area contributed by atoms with Gasteiger partial charge in [-0.1, -0.05) is 12.1 Å². The van der Waals surface area contributed by atoms with Gasteiger partial charge in [-0.2, -0.15) is 0 Å². The molecule has 3 aromatic rings. The van der Waals surface area contributed by atoms with E-state index in [4.69, 9.17) is 11.5 Å². The Kier molecular flexibility index (Phi) is 4.20. The summed E-state index contributed by atoms with van der Waals surface area (Å²) in [5, 5.41) is 2.01. The lowest BCUT2D eigenvalue weighted by molar-refractivity contribution is 1.15. The van der Waals surface area contributed by atoms with Crippen molar-refractivity contribution < 1.29 is 0 Å². The largest absolute Gasteiger partial charge is 0.384 e.